The summed E-state index contributed by atoms with van der Waals surface area (Å²) < 4.78 is 11.2. The van der Waals surface area contributed by atoms with E-state index >= 15 is 0 Å². The van der Waals surface area contributed by atoms with Crippen LogP contribution in [-0.2, 0) is 11.8 Å². The molecule has 6 N–H and O–H groups in total. The second kappa shape index (κ2) is 5.85. The molecular formula is C11H18N4O6. The van der Waals surface area contributed by atoms with Crippen molar-refractivity contribution in [3.63, 3.8) is 0 Å². The highest BCUT2D eigenvalue weighted by atomic mass is 16.5. The summed E-state index contributed by atoms with van der Waals surface area (Å²) in [5.74, 6) is -0.133. The summed E-state index contributed by atoms with van der Waals surface area (Å²) >= 11 is 0. The van der Waals surface area contributed by atoms with Crippen molar-refractivity contribution in [1.82, 2.24) is 9.55 Å². The normalized spacial score (nSPS) is 29.2. The van der Waals surface area contributed by atoms with E-state index in [0.717, 1.165) is 4.57 Å². The monoisotopic (exact) mass is 302 g/mol. The van der Waals surface area contributed by atoms with Gasteiger partial charge in [-0.25, -0.2) is 0 Å². The highest BCUT2D eigenvalue weighted by molar-refractivity contribution is 5.61. The maximum atomic E-state index is 12.1. The number of nitrogens with zero attached hydrogens (tertiary/aromatic N) is 2. The molecule has 0 unspecified atom stereocenters. The first-order valence-electron chi connectivity index (χ1n) is 6.19. The SMILES string of the molecule is COc1nc(N)c(N[C@@H]2OC[C@@H](O)[C@@H](O)[C@H]2O)c(=O)n1C. The van der Waals surface area contributed by atoms with Crippen LogP contribution in [0.1, 0.15) is 0 Å². The molecule has 4 atom stereocenters. The van der Waals surface area contributed by atoms with E-state index in [9.17, 15) is 20.1 Å². The zero-order valence-electron chi connectivity index (χ0n) is 11.6. The second-order valence-electron chi connectivity index (χ2n) is 4.67. The summed E-state index contributed by atoms with van der Waals surface area (Å²) in [7, 11) is 2.79. The van der Waals surface area contributed by atoms with Crippen LogP contribution in [0.25, 0.3) is 0 Å². The molecule has 10 heteroatoms. The number of nitrogen functional groups attached to an aromatic ring is 1. The van der Waals surface area contributed by atoms with Crippen LogP contribution in [0.4, 0.5) is 11.5 Å². The van der Waals surface area contributed by atoms with Crippen LogP contribution in [-0.4, -0.2) is 63.1 Å². The average Bonchev–Trinajstić information content (AvgIpc) is 2.47. The van der Waals surface area contributed by atoms with Crippen LogP contribution in [0.3, 0.4) is 0 Å². The molecule has 1 aromatic heterocycles. The van der Waals surface area contributed by atoms with Gasteiger partial charge < -0.3 is 35.8 Å². The summed E-state index contributed by atoms with van der Waals surface area (Å²) in [6, 6.07) is 0.0311. The average molecular weight is 302 g/mol. The van der Waals surface area contributed by atoms with Gasteiger partial charge in [0.1, 0.15) is 24.0 Å². The number of aliphatic hydroxyl groups is 3. The predicted molar refractivity (Wildman–Crippen MR) is 71.8 cm³/mol. The molecule has 2 rings (SSSR count). The number of rotatable bonds is 3. The Morgan fingerprint density at radius 2 is 2.10 bits per heavy atom. The van der Waals surface area contributed by atoms with E-state index in [1.54, 1.807) is 0 Å². The van der Waals surface area contributed by atoms with Gasteiger partial charge in [-0.3, -0.25) is 9.36 Å². The van der Waals surface area contributed by atoms with Gasteiger partial charge in [-0.15, -0.1) is 0 Å². The molecule has 0 saturated carbocycles. The third kappa shape index (κ3) is 2.78. The largest absolute Gasteiger partial charge is 0.468 e. The van der Waals surface area contributed by atoms with E-state index in [0.29, 0.717) is 0 Å². The highest BCUT2D eigenvalue weighted by Crippen LogP contribution is 2.20. The van der Waals surface area contributed by atoms with Gasteiger partial charge in [0.25, 0.3) is 5.56 Å². The number of hydrogen-bond donors (Lipinski definition) is 5. The lowest BCUT2D eigenvalue weighted by atomic mass is 10.0. The van der Waals surface area contributed by atoms with Crippen LogP contribution < -0.4 is 21.3 Å². The van der Waals surface area contributed by atoms with Crippen LogP contribution in [0.2, 0.25) is 0 Å². The summed E-state index contributed by atoms with van der Waals surface area (Å²) in [6.45, 7) is -0.195. The van der Waals surface area contributed by atoms with Crippen molar-refractivity contribution in [3.8, 4) is 6.01 Å². The van der Waals surface area contributed by atoms with Crippen molar-refractivity contribution in [2.75, 3.05) is 24.8 Å². The van der Waals surface area contributed by atoms with Crippen LogP contribution in [0.15, 0.2) is 4.79 Å². The topological polar surface area (TPSA) is 152 Å². The van der Waals surface area contributed by atoms with E-state index in [1.807, 2.05) is 0 Å². The van der Waals surface area contributed by atoms with Gasteiger partial charge in [0.2, 0.25) is 0 Å². The number of anilines is 2. The summed E-state index contributed by atoms with van der Waals surface area (Å²) in [4.78, 5) is 16.0. The molecule has 1 aliphatic heterocycles. The number of methoxy groups -OCH3 is 1. The Morgan fingerprint density at radius 1 is 1.43 bits per heavy atom. The molecule has 0 spiro atoms. The highest BCUT2D eigenvalue weighted by Gasteiger charge is 2.38. The molecule has 10 nitrogen and oxygen atoms in total. The number of ether oxygens (including phenoxy) is 2. The molecular weight excluding hydrogens is 284 g/mol. The molecule has 1 aliphatic rings. The maximum absolute atomic E-state index is 12.1. The fourth-order valence-electron chi connectivity index (χ4n) is 1.99. The summed E-state index contributed by atoms with van der Waals surface area (Å²) in [6.07, 6.45) is -5.13. The molecule has 0 radical (unpaired) electrons. The molecule has 0 bridgehead atoms. The van der Waals surface area contributed by atoms with E-state index < -0.39 is 30.1 Å². The number of nitrogens with one attached hydrogen (secondary N) is 1. The Kier molecular flexibility index (Phi) is 4.32. The number of aliphatic hydroxyl groups excluding tert-OH is 3. The van der Waals surface area contributed by atoms with Crippen molar-refractivity contribution in [2.24, 2.45) is 7.05 Å². The lowest BCUT2D eigenvalue weighted by molar-refractivity contribution is -0.178. The predicted octanol–water partition coefficient (Wildman–Crippen LogP) is -2.78. The molecule has 118 valence electrons. The van der Waals surface area contributed by atoms with Gasteiger partial charge in [0, 0.05) is 7.05 Å². The Bertz CT molecular complexity index is 577. The maximum Gasteiger partial charge on any atom is 0.300 e. The van der Waals surface area contributed by atoms with E-state index in [2.05, 4.69) is 10.3 Å². The van der Waals surface area contributed by atoms with Crippen molar-refractivity contribution < 1.29 is 24.8 Å². The molecule has 0 aliphatic carbocycles. The molecule has 21 heavy (non-hydrogen) atoms. The first-order chi connectivity index (χ1) is 9.86. The Balaban J connectivity index is 2.28. The number of aromatic nitrogens is 2. The fourth-order valence-corrected chi connectivity index (χ4v) is 1.99. The quantitative estimate of drug-likeness (QED) is 0.399. The molecule has 2 heterocycles. The van der Waals surface area contributed by atoms with Gasteiger partial charge in [-0.2, -0.15) is 4.98 Å². The van der Waals surface area contributed by atoms with E-state index in [4.69, 9.17) is 15.2 Å². The molecule has 1 aromatic rings. The third-order valence-electron chi connectivity index (χ3n) is 3.25. The van der Waals surface area contributed by atoms with Crippen molar-refractivity contribution >= 4 is 11.5 Å². The zero-order chi connectivity index (χ0) is 15.7. The molecule has 1 fully saturated rings. The first kappa shape index (κ1) is 15.5. The minimum Gasteiger partial charge on any atom is -0.468 e. The van der Waals surface area contributed by atoms with E-state index in [-0.39, 0.29) is 24.1 Å². The van der Waals surface area contributed by atoms with E-state index in [1.165, 1.54) is 14.2 Å². The Morgan fingerprint density at radius 3 is 2.71 bits per heavy atom. The number of nitrogens with two attached hydrogens (primary N) is 1. The second-order valence-corrected chi connectivity index (χ2v) is 4.67. The van der Waals surface area contributed by atoms with Gasteiger partial charge in [-0.1, -0.05) is 0 Å². The minimum absolute atomic E-state index is 0.0311. The third-order valence-corrected chi connectivity index (χ3v) is 3.25. The smallest absolute Gasteiger partial charge is 0.300 e. The van der Waals surface area contributed by atoms with Crippen LogP contribution in [0.5, 0.6) is 6.01 Å². The summed E-state index contributed by atoms with van der Waals surface area (Å²) in [5.41, 5.74) is 5.05. The van der Waals surface area contributed by atoms with Gasteiger partial charge >= 0.3 is 6.01 Å². The minimum atomic E-state index is -1.43. The van der Waals surface area contributed by atoms with Gasteiger partial charge in [0.15, 0.2) is 12.0 Å². The Hall–Kier alpha value is -1.88. The lowest BCUT2D eigenvalue weighted by Crippen LogP contribution is -2.56. The first-order valence-corrected chi connectivity index (χ1v) is 6.19. The van der Waals surface area contributed by atoms with Crippen molar-refractivity contribution in [1.29, 1.82) is 0 Å². The molecule has 0 amide bonds. The standard InChI is InChI=1S/C11H18N4O6/c1-15-10(19)5(8(12)14-11(15)20-2)13-9-7(18)6(17)4(16)3-21-9/h4,6-7,9,13,16-18H,3,12H2,1-2H3/t4-,6-,7-,9-/m1/s1. The summed E-state index contributed by atoms with van der Waals surface area (Å²) in [5, 5.41) is 31.4. The lowest BCUT2D eigenvalue weighted by Gasteiger charge is -2.35. The fraction of sp³-hybridized carbons (Fsp3) is 0.636. The van der Waals surface area contributed by atoms with Gasteiger partial charge in [-0.05, 0) is 0 Å². The van der Waals surface area contributed by atoms with Crippen molar-refractivity contribution in [3.05, 3.63) is 10.4 Å². The van der Waals surface area contributed by atoms with Crippen LogP contribution in [0, 0.1) is 0 Å². The van der Waals surface area contributed by atoms with Crippen LogP contribution >= 0.6 is 0 Å². The Labute approximate surface area is 119 Å². The van der Waals surface area contributed by atoms with Crippen molar-refractivity contribution in [2.45, 2.75) is 24.5 Å². The zero-order valence-corrected chi connectivity index (χ0v) is 11.6. The number of hydrogen-bond acceptors (Lipinski definition) is 9. The van der Waals surface area contributed by atoms with Gasteiger partial charge in [0.05, 0.1) is 13.7 Å². The molecule has 0 aromatic carbocycles. The molecule has 1 saturated heterocycles.